The highest BCUT2D eigenvalue weighted by atomic mass is 16.5. The number of methoxy groups -OCH3 is 1. The lowest BCUT2D eigenvalue weighted by Crippen LogP contribution is -2.14. The summed E-state index contributed by atoms with van der Waals surface area (Å²) < 4.78 is 5.16. The molecule has 5 heteroatoms. The van der Waals surface area contributed by atoms with Gasteiger partial charge in [-0.2, -0.15) is 0 Å². The third kappa shape index (κ3) is 3.80. The number of benzene rings is 1. The SMILES string of the molecule is COc1cccc(CNCc2cccc(C(=O)O)n2)c1. The number of ether oxygens (including phenoxy) is 1. The Balaban J connectivity index is 1.92. The highest BCUT2D eigenvalue weighted by molar-refractivity contribution is 5.85. The summed E-state index contributed by atoms with van der Waals surface area (Å²) in [6.45, 7) is 1.18. The molecule has 0 aliphatic carbocycles. The van der Waals surface area contributed by atoms with Crippen LogP contribution in [0.15, 0.2) is 42.5 Å². The fourth-order valence-electron chi connectivity index (χ4n) is 1.81. The van der Waals surface area contributed by atoms with Crippen LogP contribution in [0.2, 0.25) is 0 Å². The first kappa shape index (κ1) is 14.0. The molecule has 0 amide bonds. The van der Waals surface area contributed by atoms with E-state index in [2.05, 4.69) is 10.3 Å². The van der Waals surface area contributed by atoms with Crippen molar-refractivity contribution in [2.75, 3.05) is 7.11 Å². The third-order valence-electron chi connectivity index (χ3n) is 2.80. The Morgan fingerprint density at radius 3 is 2.80 bits per heavy atom. The number of carboxylic acid groups (broad SMARTS) is 1. The Hall–Kier alpha value is -2.40. The average molecular weight is 272 g/mol. The van der Waals surface area contributed by atoms with Gasteiger partial charge < -0.3 is 15.2 Å². The van der Waals surface area contributed by atoms with Crippen LogP contribution >= 0.6 is 0 Å². The van der Waals surface area contributed by atoms with Gasteiger partial charge in [0.25, 0.3) is 0 Å². The van der Waals surface area contributed by atoms with Crippen LogP contribution in [0.25, 0.3) is 0 Å². The van der Waals surface area contributed by atoms with Crippen LogP contribution in [-0.4, -0.2) is 23.2 Å². The Labute approximate surface area is 117 Å². The minimum atomic E-state index is -1.01. The molecule has 2 rings (SSSR count). The molecule has 0 saturated carbocycles. The van der Waals surface area contributed by atoms with E-state index in [1.165, 1.54) is 6.07 Å². The maximum atomic E-state index is 10.8. The van der Waals surface area contributed by atoms with Crippen molar-refractivity contribution in [2.24, 2.45) is 0 Å². The molecule has 0 spiro atoms. The van der Waals surface area contributed by atoms with Crippen molar-refractivity contribution >= 4 is 5.97 Å². The van der Waals surface area contributed by atoms with Crippen LogP contribution in [0, 0.1) is 0 Å². The molecule has 2 N–H and O–H groups in total. The van der Waals surface area contributed by atoms with Gasteiger partial charge in [-0.1, -0.05) is 18.2 Å². The van der Waals surface area contributed by atoms with E-state index in [1.807, 2.05) is 24.3 Å². The van der Waals surface area contributed by atoms with E-state index in [4.69, 9.17) is 9.84 Å². The molecule has 1 aromatic carbocycles. The summed E-state index contributed by atoms with van der Waals surface area (Å²) >= 11 is 0. The van der Waals surface area contributed by atoms with Crippen LogP contribution in [0.4, 0.5) is 0 Å². The number of nitrogens with one attached hydrogen (secondary N) is 1. The van der Waals surface area contributed by atoms with Crippen molar-refractivity contribution in [2.45, 2.75) is 13.1 Å². The Bertz CT molecular complexity index is 599. The van der Waals surface area contributed by atoms with Crippen LogP contribution in [0.5, 0.6) is 5.75 Å². The maximum Gasteiger partial charge on any atom is 0.354 e. The summed E-state index contributed by atoms with van der Waals surface area (Å²) in [4.78, 5) is 14.9. The normalized spacial score (nSPS) is 10.2. The Kier molecular flexibility index (Phi) is 4.68. The molecule has 0 atom stereocenters. The first-order chi connectivity index (χ1) is 9.69. The van der Waals surface area contributed by atoms with E-state index in [0.717, 1.165) is 11.3 Å². The molecular weight excluding hydrogens is 256 g/mol. The molecule has 0 bridgehead atoms. The summed E-state index contributed by atoms with van der Waals surface area (Å²) in [5.41, 5.74) is 1.86. The van der Waals surface area contributed by atoms with E-state index in [9.17, 15) is 4.79 Å². The number of nitrogens with zero attached hydrogens (tertiary/aromatic N) is 1. The number of carboxylic acids is 1. The first-order valence-electron chi connectivity index (χ1n) is 6.22. The minimum absolute atomic E-state index is 0.0608. The number of aromatic nitrogens is 1. The van der Waals surface area contributed by atoms with Gasteiger partial charge in [-0.15, -0.1) is 0 Å². The lowest BCUT2D eigenvalue weighted by atomic mass is 10.2. The number of carbonyl (C=O) groups is 1. The zero-order chi connectivity index (χ0) is 14.4. The molecule has 0 aliphatic rings. The van der Waals surface area contributed by atoms with Crippen molar-refractivity contribution < 1.29 is 14.6 Å². The predicted octanol–water partition coefficient (Wildman–Crippen LogP) is 2.08. The van der Waals surface area contributed by atoms with Gasteiger partial charge in [0, 0.05) is 13.1 Å². The number of hydrogen-bond donors (Lipinski definition) is 2. The second-order valence-corrected chi connectivity index (χ2v) is 4.27. The smallest absolute Gasteiger partial charge is 0.354 e. The standard InChI is InChI=1S/C15H16N2O3/c1-20-13-6-2-4-11(8-13)9-16-10-12-5-3-7-14(17-12)15(18)19/h2-8,16H,9-10H2,1H3,(H,18,19). The summed E-state index contributed by atoms with van der Waals surface area (Å²) in [5, 5.41) is 12.1. The van der Waals surface area contributed by atoms with Gasteiger partial charge in [0.05, 0.1) is 12.8 Å². The zero-order valence-corrected chi connectivity index (χ0v) is 11.2. The summed E-state index contributed by atoms with van der Waals surface area (Å²) in [6.07, 6.45) is 0. The lowest BCUT2D eigenvalue weighted by Gasteiger charge is -2.07. The van der Waals surface area contributed by atoms with Crippen molar-refractivity contribution in [3.8, 4) is 5.75 Å². The Morgan fingerprint density at radius 2 is 2.05 bits per heavy atom. The summed E-state index contributed by atoms with van der Waals surface area (Å²) in [6, 6.07) is 12.7. The van der Waals surface area contributed by atoms with E-state index >= 15 is 0 Å². The Morgan fingerprint density at radius 1 is 1.25 bits per heavy atom. The van der Waals surface area contributed by atoms with Gasteiger partial charge in [-0.25, -0.2) is 9.78 Å². The van der Waals surface area contributed by atoms with E-state index in [0.29, 0.717) is 18.8 Å². The third-order valence-corrected chi connectivity index (χ3v) is 2.80. The van der Waals surface area contributed by atoms with Gasteiger partial charge in [-0.3, -0.25) is 0 Å². The molecule has 1 heterocycles. The zero-order valence-electron chi connectivity index (χ0n) is 11.2. The van der Waals surface area contributed by atoms with Gasteiger partial charge in [0.1, 0.15) is 11.4 Å². The topological polar surface area (TPSA) is 71.5 Å². The van der Waals surface area contributed by atoms with Crippen LogP contribution in [-0.2, 0) is 13.1 Å². The van der Waals surface area contributed by atoms with Crippen molar-refractivity contribution in [1.29, 1.82) is 0 Å². The highest BCUT2D eigenvalue weighted by Crippen LogP contribution is 2.12. The molecule has 2 aromatic rings. The van der Waals surface area contributed by atoms with Gasteiger partial charge >= 0.3 is 5.97 Å². The van der Waals surface area contributed by atoms with Gasteiger partial charge in [-0.05, 0) is 29.8 Å². The average Bonchev–Trinajstić information content (AvgIpc) is 2.48. The quantitative estimate of drug-likeness (QED) is 0.842. The van der Waals surface area contributed by atoms with E-state index in [1.54, 1.807) is 19.2 Å². The number of aromatic carboxylic acids is 1. The summed E-state index contributed by atoms with van der Waals surface area (Å²) in [5.74, 6) is -0.199. The molecule has 20 heavy (non-hydrogen) atoms. The highest BCUT2D eigenvalue weighted by Gasteiger charge is 2.04. The molecule has 0 fully saturated rings. The van der Waals surface area contributed by atoms with Crippen molar-refractivity contribution in [3.05, 3.63) is 59.4 Å². The second kappa shape index (κ2) is 6.68. The van der Waals surface area contributed by atoms with E-state index < -0.39 is 5.97 Å². The van der Waals surface area contributed by atoms with Crippen molar-refractivity contribution in [3.63, 3.8) is 0 Å². The fourth-order valence-corrected chi connectivity index (χ4v) is 1.81. The van der Waals surface area contributed by atoms with E-state index in [-0.39, 0.29) is 5.69 Å². The van der Waals surface area contributed by atoms with Crippen LogP contribution in [0.3, 0.4) is 0 Å². The van der Waals surface area contributed by atoms with Crippen LogP contribution in [0.1, 0.15) is 21.7 Å². The molecule has 0 aliphatic heterocycles. The molecular formula is C15H16N2O3. The number of pyridine rings is 1. The molecule has 1 aromatic heterocycles. The fraction of sp³-hybridized carbons (Fsp3) is 0.200. The monoisotopic (exact) mass is 272 g/mol. The predicted molar refractivity (Wildman–Crippen MR) is 74.7 cm³/mol. The van der Waals surface area contributed by atoms with Crippen molar-refractivity contribution in [1.82, 2.24) is 10.3 Å². The number of rotatable bonds is 6. The molecule has 0 saturated heterocycles. The maximum absolute atomic E-state index is 10.8. The second-order valence-electron chi connectivity index (χ2n) is 4.27. The molecule has 0 radical (unpaired) electrons. The molecule has 0 unspecified atom stereocenters. The largest absolute Gasteiger partial charge is 0.497 e. The van der Waals surface area contributed by atoms with Gasteiger partial charge in [0.2, 0.25) is 0 Å². The molecule has 104 valence electrons. The minimum Gasteiger partial charge on any atom is -0.497 e. The first-order valence-corrected chi connectivity index (χ1v) is 6.22. The molecule has 5 nitrogen and oxygen atoms in total. The van der Waals surface area contributed by atoms with Crippen LogP contribution < -0.4 is 10.1 Å². The summed E-state index contributed by atoms with van der Waals surface area (Å²) in [7, 11) is 1.63. The lowest BCUT2D eigenvalue weighted by molar-refractivity contribution is 0.0690. The number of hydrogen-bond acceptors (Lipinski definition) is 4. The van der Waals surface area contributed by atoms with Gasteiger partial charge in [0.15, 0.2) is 0 Å².